The van der Waals surface area contributed by atoms with E-state index < -0.39 is 0 Å². The van der Waals surface area contributed by atoms with Crippen molar-refractivity contribution in [2.24, 2.45) is 0 Å². The first-order valence-corrected chi connectivity index (χ1v) is 4.33. The van der Waals surface area contributed by atoms with E-state index in [1.54, 1.807) is 0 Å². The third-order valence-corrected chi connectivity index (χ3v) is 1.97. The smallest absolute Gasteiger partial charge is 0.0106 e. The van der Waals surface area contributed by atoms with Crippen LogP contribution in [-0.4, -0.2) is 0 Å². The Hall–Kier alpha value is -0.950. The molecule has 0 saturated heterocycles. The minimum absolute atomic E-state index is 0.915. The fraction of sp³-hybridized carbons (Fsp3) is 0.0909. The van der Waals surface area contributed by atoms with Crippen molar-refractivity contribution in [3.63, 3.8) is 0 Å². The van der Waals surface area contributed by atoms with Crippen LogP contribution in [0.25, 0.3) is 0 Å². The zero-order valence-electron chi connectivity index (χ0n) is 6.90. The molecule has 1 rings (SSSR count). The average molecular weight is 176 g/mol. The van der Waals surface area contributed by atoms with Gasteiger partial charge in [0, 0.05) is 4.91 Å². The summed E-state index contributed by atoms with van der Waals surface area (Å²) in [5.74, 6) is 0. The van der Waals surface area contributed by atoms with Crippen molar-refractivity contribution in [2.45, 2.75) is 6.42 Å². The van der Waals surface area contributed by atoms with Crippen molar-refractivity contribution in [3.8, 4) is 0 Å². The summed E-state index contributed by atoms with van der Waals surface area (Å²) in [7, 11) is 0. The molecule has 0 radical (unpaired) electrons. The Kier molecular flexibility index (Phi) is 3.68. The largest absolute Gasteiger partial charge is 0.143 e. The van der Waals surface area contributed by atoms with Gasteiger partial charge in [0.05, 0.1) is 0 Å². The highest BCUT2D eigenvalue weighted by atomic mass is 32.1. The minimum atomic E-state index is 0.915. The Morgan fingerprint density at radius 1 is 1.17 bits per heavy atom. The standard InChI is InChI=1S/C11H12S/c1-10-8-6-4-2-3-5-7-9-11(10)12/h2,4-9,12H,1,3H2/b4-2?,7-5-,8-6?,11-9+. The van der Waals surface area contributed by atoms with Crippen LogP contribution in [0.1, 0.15) is 6.42 Å². The second-order valence-corrected chi connectivity index (χ2v) is 3.01. The van der Waals surface area contributed by atoms with E-state index in [0.717, 1.165) is 16.9 Å². The highest BCUT2D eigenvalue weighted by Gasteiger charge is 1.90. The van der Waals surface area contributed by atoms with E-state index in [1.807, 2.05) is 30.4 Å². The minimum Gasteiger partial charge on any atom is -0.143 e. The van der Waals surface area contributed by atoms with Crippen LogP contribution in [-0.2, 0) is 0 Å². The van der Waals surface area contributed by atoms with Crippen LogP contribution in [0.15, 0.2) is 59.6 Å². The van der Waals surface area contributed by atoms with E-state index in [9.17, 15) is 0 Å². The molecule has 0 aromatic carbocycles. The maximum absolute atomic E-state index is 4.29. The molecule has 1 heteroatoms. The number of rotatable bonds is 0. The molecule has 0 nitrogen and oxygen atoms in total. The van der Waals surface area contributed by atoms with Crippen molar-refractivity contribution < 1.29 is 0 Å². The van der Waals surface area contributed by atoms with Gasteiger partial charge in [0.15, 0.2) is 0 Å². The van der Waals surface area contributed by atoms with Gasteiger partial charge in [-0.3, -0.25) is 0 Å². The Bertz CT molecular complexity index is 277. The van der Waals surface area contributed by atoms with E-state index in [2.05, 4.69) is 31.4 Å². The first-order valence-electron chi connectivity index (χ1n) is 3.89. The number of thiol groups is 1. The first-order chi connectivity index (χ1) is 5.80. The lowest BCUT2D eigenvalue weighted by atomic mass is 10.2. The van der Waals surface area contributed by atoms with E-state index >= 15 is 0 Å². The van der Waals surface area contributed by atoms with Gasteiger partial charge in [-0.25, -0.2) is 0 Å². The lowest BCUT2D eigenvalue weighted by Crippen LogP contribution is -1.75. The molecule has 0 saturated carbocycles. The molecule has 0 aromatic heterocycles. The maximum atomic E-state index is 4.29. The highest BCUT2D eigenvalue weighted by molar-refractivity contribution is 7.84. The van der Waals surface area contributed by atoms with E-state index in [0.29, 0.717) is 0 Å². The molecule has 1 aliphatic rings. The van der Waals surface area contributed by atoms with Crippen LogP contribution in [0.2, 0.25) is 0 Å². The average Bonchev–Trinajstić information content (AvgIpc) is 2.08. The Morgan fingerprint density at radius 3 is 2.75 bits per heavy atom. The van der Waals surface area contributed by atoms with Gasteiger partial charge in [-0.05, 0) is 18.1 Å². The monoisotopic (exact) mass is 176 g/mol. The van der Waals surface area contributed by atoms with E-state index in [1.165, 1.54) is 0 Å². The third kappa shape index (κ3) is 2.97. The molecule has 1 aliphatic carbocycles. The van der Waals surface area contributed by atoms with Crippen LogP contribution in [0.5, 0.6) is 0 Å². The molecule has 0 aliphatic heterocycles. The molecule has 0 atom stereocenters. The van der Waals surface area contributed by atoms with Gasteiger partial charge in [-0.2, -0.15) is 0 Å². The molecule has 0 amide bonds. The highest BCUT2D eigenvalue weighted by Crippen LogP contribution is 2.14. The summed E-state index contributed by atoms with van der Waals surface area (Å²) < 4.78 is 0. The molecule has 0 aromatic rings. The molecule has 0 bridgehead atoms. The van der Waals surface area contributed by atoms with Crippen LogP contribution in [0, 0.1) is 0 Å². The van der Waals surface area contributed by atoms with Crippen LogP contribution >= 0.6 is 12.6 Å². The van der Waals surface area contributed by atoms with Gasteiger partial charge in [-0.1, -0.05) is 43.0 Å². The fourth-order valence-electron chi connectivity index (χ4n) is 0.838. The molecule has 0 fully saturated rings. The third-order valence-electron chi connectivity index (χ3n) is 1.54. The topological polar surface area (TPSA) is 0 Å². The SMILES string of the molecule is C=C1C=CC=CC/C=C\C=C/1S. The summed E-state index contributed by atoms with van der Waals surface area (Å²) in [6.07, 6.45) is 15.0. The summed E-state index contributed by atoms with van der Waals surface area (Å²) in [5, 5.41) is 0. The first kappa shape index (κ1) is 9.14. The van der Waals surface area contributed by atoms with Crippen molar-refractivity contribution in [3.05, 3.63) is 59.6 Å². The van der Waals surface area contributed by atoms with E-state index in [4.69, 9.17) is 0 Å². The molecule has 0 heterocycles. The lowest BCUT2D eigenvalue weighted by Gasteiger charge is -1.96. The van der Waals surface area contributed by atoms with Crippen LogP contribution in [0.3, 0.4) is 0 Å². The number of hydrogen-bond acceptors (Lipinski definition) is 1. The molecular formula is C11H12S. The second-order valence-electron chi connectivity index (χ2n) is 2.53. The summed E-state index contributed by atoms with van der Waals surface area (Å²) in [6, 6.07) is 0. The number of hydrogen-bond donors (Lipinski definition) is 1. The van der Waals surface area contributed by atoms with Crippen molar-refractivity contribution in [2.75, 3.05) is 0 Å². The van der Waals surface area contributed by atoms with Gasteiger partial charge in [0.25, 0.3) is 0 Å². The molecule has 0 unspecified atom stereocenters. The lowest BCUT2D eigenvalue weighted by molar-refractivity contribution is 1.39. The van der Waals surface area contributed by atoms with Gasteiger partial charge >= 0.3 is 0 Å². The van der Waals surface area contributed by atoms with Crippen LogP contribution < -0.4 is 0 Å². The predicted octanol–water partition coefficient (Wildman–Crippen LogP) is 3.43. The Balaban J connectivity index is 2.83. The summed E-state index contributed by atoms with van der Waals surface area (Å²) in [6.45, 7) is 3.87. The maximum Gasteiger partial charge on any atom is 0.0106 e. The van der Waals surface area contributed by atoms with Gasteiger partial charge in [0.2, 0.25) is 0 Å². The summed E-state index contributed by atoms with van der Waals surface area (Å²) in [4.78, 5) is 0.915. The molecule has 62 valence electrons. The fourth-order valence-corrected chi connectivity index (χ4v) is 0.998. The molecular weight excluding hydrogens is 164 g/mol. The number of allylic oxidation sites excluding steroid dienone is 8. The Labute approximate surface area is 79.1 Å². The zero-order valence-corrected chi connectivity index (χ0v) is 7.80. The summed E-state index contributed by atoms with van der Waals surface area (Å²) >= 11 is 4.29. The van der Waals surface area contributed by atoms with Crippen molar-refractivity contribution in [1.82, 2.24) is 0 Å². The van der Waals surface area contributed by atoms with Crippen molar-refractivity contribution >= 4 is 12.6 Å². The van der Waals surface area contributed by atoms with E-state index in [-0.39, 0.29) is 0 Å². The Morgan fingerprint density at radius 2 is 1.92 bits per heavy atom. The van der Waals surface area contributed by atoms with Crippen LogP contribution in [0.4, 0.5) is 0 Å². The zero-order chi connectivity index (χ0) is 8.81. The molecule has 0 spiro atoms. The normalized spacial score (nSPS) is 24.8. The van der Waals surface area contributed by atoms with Gasteiger partial charge in [-0.15, -0.1) is 12.6 Å². The second kappa shape index (κ2) is 4.83. The predicted molar refractivity (Wildman–Crippen MR) is 58.2 cm³/mol. The quantitative estimate of drug-likeness (QED) is 0.537. The van der Waals surface area contributed by atoms with Crippen molar-refractivity contribution in [1.29, 1.82) is 0 Å². The van der Waals surface area contributed by atoms with Gasteiger partial charge in [0.1, 0.15) is 0 Å². The summed E-state index contributed by atoms with van der Waals surface area (Å²) in [5.41, 5.74) is 0.939. The van der Waals surface area contributed by atoms with Gasteiger partial charge < -0.3 is 0 Å². The molecule has 0 N–H and O–H groups in total. The molecule has 12 heavy (non-hydrogen) atoms.